The van der Waals surface area contributed by atoms with Gasteiger partial charge in [-0.25, -0.2) is 0 Å². The van der Waals surface area contributed by atoms with E-state index < -0.39 is 0 Å². The van der Waals surface area contributed by atoms with Crippen molar-refractivity contribution in [2.45, 2.75) is 33.2 Å². The van der Waals surface area contributed by atoms with E-state index in [-0.39, 0.29) is 5.95 Å². The summed E-state index contributed by atoms with van der Waals surface area (Å²) < 4.78 is 5.39. The first-order valence-corrected chi connectivity index (χ1v) is 8.68. The third-order valence-corrected chi connectivity index (χ3v) is 4.54. The van der Waals surface area contributed by atoms with Gasteiger partial charge in [0, 0.05) is 0 Å². The minimum atomic E-state index is 0.226. The smallest absolute Gasteiger partial charge is 0.232 e. The average Bonchev–Trinajstić information content (AvgIpc) is 2.57. The van der Waals surface area contributed by atoms with Gasteiger partial charge >= 0.3 is 0 Å². The van der Waals surface area contributed by atoms with Crippen LogP contribution in [0.5, 0.6) is 5.75 Å². The summed E-state index contributed by atoms with van der Waals surface area (Å²) in [4.78, 5) is 15.4. The van der Waals surface area contributed by atoms with Crippen LogP contribution in [0.25, 0.3) is 0 Å². The highest BCUT2D eigenvalue weighted by Gasteiger charge is 2.17. The lowest BCUT2D eigenvalue weighted by molar-refractivity contribution is 0.181. The van der Waals surface area contributed by atoms with E-state index in [2.05, 4.69) is 32.1 Å². The summed E-state index contributed by atoms with van der Waals surface area (Å²) in [6, 6.07) is 5.90. The molecule has 7 heteroatoms. The number of methoxy groups -OCH3 is 1. The Morgan fingerprint density at radius 3 is 2.72 bits per heavy atom. The van der Waals surface area contributed by atoms with E-state index in [4.69, 9.17) is 10.5 Å². The fraction of sp³-hybridized carbons (Fsp3) is 0.500. The molecule has 0 atom stereocenters. The van der Waals surface area contributed by atoms with E-state index in [1.54, 1.807) is 7.11 Å². The molecule has 1 aliphatic rings. The number of ether oxygens (including phenoxy) is 1. The van der Waals surface area contributed by atoms with Gasteiger partial charge in [0.25, 0.3) is 0 Å². The van der Waals surface area contributed by atoms with E-state index >= 15 is 0 Å². The van der Waals surface area contributed by atoms with Crippen molar-refractivity contribution in [3.8, 4) is 5.75 Å². The molecule has 1 fully saturated rings. The molecule has 1 aromatic heterocycles. The van der Waals surface area contributed by atoms with Gasteiger partial charge in [-0.15, -0.1) is 0 Å². The number of rotatable bonds is 5. The van der Waals surface area contributed by atoms with Gasteiger partial charge in [-0.05, 0) is 56.5 Å². The highest BCUT2D eigenvalue weighted by molar-refractivity contribution is 5.63. The lowest BCUT2D eigenvalue weighted by Crippen LogP contribution is -2.33. The van der Waals surface area contributed by atoms with Gasteiger partial charge in [0.15, 0.2) is 0 Å². The van der Waals surface area contributed by atoms with E-state index in [9.17, 15) is 0 Å². The van der Waals surface area contributed by atoms with Crippen LogP contribution in [0.3, 0.4) is 0 Å². The molecule has 0 radical (unpaired) electrons. The number of piperidine rings is 1. The Kier molecular flexibility index (Phi) is 5.33. The van der Waals surface area contributed by atoms with E-state index in [1.165, 1.54) is 12.8 Å². The van der Waals surface area contributed by atoms with Crippen LogP contribution in [0.1, 0.15) is 31.2 Å². The molecule has 0 unspecified atom stereocenters. The first kappa shape index (κ1) is 17.4. The molecular weight excluding hydrogens is 316 g/mol. The summed E-state index contributed by atoms with van der Waals surface area (Å²) in [6.45, 7) is 7.16. The number of aromatic nitrogens is 3. The largest absolute Gasteiger partial charge is 0.495 e. The predicted molar refractivity (Wildman–Crippen MR) is 98.9 cm³/mol. The molecule has 1 aromatic carbocycles. The molecule has 0 bridgehead atoms. The fourth-order valence-electron chi connectivity index (χ4n) is 3.02. The molecule has 2 aromatic rings. The quantitative estimate of drug-likeness (QED) is 0.863. The summed E-state index contributed by atoms with van der Waals surface area (Å²) in [5.41, 5.74) is 7.82. The summed E-state index contributed by atoms with van der Waals surface area (Å²) in [5.74, 6) is 2.89. The number of nitrogen functional groups attached to an aromatic ring is 1. The predicted octanol–water partition coefficient (Wildman–Crippen LogP) is 2.75. The second kappa shape index (κ2) is 7.65. The number of anilines is 3. The van der Waals surface area contributed by atoms with Crippen molar-refractivity contribution in [2.24, 2.45) is 5.92 Å². The third-order valence-electron chi connectivity index (χ3n) is 4.54. The SMILES string of the molecule is COc1ccc(C)cc1Nc1nc(N)nc(CN2CCC(C)CC2)n1. The molecule has 0 saturated carbocycles. The summed E-state index contributed by atoms with van der Waals surface area (Å²) in [6.07, 6.45) is 2.43. The standard InChI is InChI=1S/C18H26N6O/c1-12-6-8-24(9-7-12)11-16-21-17(19)23-18(22-16)20-14-10-13(2)4-5-15(14)25-3/h4-5,10,12H,6-9,11H2,1-3H3,(H3,19,20,21,22,23). The monoisotopic (exact) mass is 342 g/mol. The summed E-state index contributed by atoms with van der Waals surface area (Å²) >= 11 is 0. The van der Waals surface area contributed by atoms with Crippen LogP contribution < -0.4 is 15.8 Å². The maximum Gasteiger partial charge on any atom is 0.232 e. The number of nitrogens with two attached hydrogens (primary N) is 1. The van der Waals surface area contributed by atoms with Crippen LogP contribution in [-0.2, 0) is 6.54 Å². The highest BCUT2D eigenvalue weighted by Crippen LogP contribution is 2.27. The first-order valence-electron chi connectivity index (χ1n) is 8.68. The molecule has 0 aliphatic carbocycles. The lowest BCUT2D eigenvalue weighted by Gasteiger charge is -2.29. The van der Waals surface area contributed by atoms with Crippen molar-refractivity contribution in [1.29, 1.82) is 0 Å². The van der Waals surface area contributed by atoms with Crippen LogP contribution >= 0.6 is 0 Å². The van der Waals surface area contributed by atoms with E-state index in [0.717, 1.165) is 36.0 Å². The maximum atomic E-state index is 5.89. The zero-order valence-electron chi connectivity index (χ0n) is 15.1. The zero-order chi connectivity index (χ0) is 17.8. The average molecular weight is 342 g/mol. The first-order chi connectivity index (χ1) is 12.0. The molecular formula is C18H26N6O. The third kappa shape index (κ3) is 4.57. The second-order valence-electron chi connectivity index (χ2n) is 6.72. The second-order valence-corrected chi connectivity index (χ2v) is 6.72. The van der Waals surface area contributed by atoms with Crippen molar-refractivity contribution in [3.05, 3.63) is 29.6 Å². The van der Waals surface area contributed by atoms with Gasteiger partial charge in [0.05, 0.1) is 19.3 Å². The Hall–Kier alpha value is -2.41. The van der Waals surface area contributed by atoms with Crippen molar-refractivity contribution in [2.75, 3.05) is 31.2 Å². The minimum absolute atomic E-state index is 0.226. The fourth-order valence-corrected chi connectivity index (χ4v) is 3.02. The van der Waals surface area contributed by atoms with Gasteiger partial charge in [-0.1, -0.05) is 13.0 Å². The van der Waals surface area contributed by atoms with Gasteiger partial charge in [0.2, 0.25) is 11.9 Å². The molecule has 25 heavy (non-hydrogen) atoms. The van der Waals surface area contributed by atoms with Crippen LogP contribution in [0.2, 0.25) is 0 Å². The Labute approximate surface area is 148 Å². The molecule has 134 valence electrons. The lowest BCUT2D eigenvalue weighted by atomic mass is 9.99. The van der Waals surface area contributed by atoms with Crippen molar-refractivity contribution >= 4 is 17.6 Å². The van der Waals surface area contributed by atoms with Crippen LogP contribution in [0, 0.1) is 12.8 Å². The zero-order valence-corrected chi connectivity index (χ0v) is 15.1. The minimum Gasteiger partial charge on any atom is -0.495 e. The topological polar surface area (TPSA) is 89.2 Å². The van der Waals surface area contributed by atoms with E-state index in [1.807, 2.05) is 25.1 Å². The number of aryl methyl sites for hydroxylation is 1. The number of hydrogen-bond donors (Lipinski definition) is 2. The number of likely N-dealkylation sites (tertiary alicyclic amines) is 1. The van der Waals surface area contributed by atoms with Crippen molar-refractivity contribution in [3.63, 3.8) is 0 Å². The summed E-state index contributed by atoms with van der Waals surface area (Å²) in [5, 5.41) is 3.20. The van der Waals surface area contributed by atoms with Gasteiger partial charge < -0.3 is 15.8 Å². The van der Waals surface area contributed by atoms with Crippen molar-refractivity contribution < 1.29 is 4.74 Å². The van der Waals surface area contributed by atoms with Gasteiger partial charge in [-0.2, -0.15) is 15.0 Å². The Morgan fingerprint density at radius 1 is 1.24 bits per heavy atom. The molecule has 1 saturated heterocycles. The highest BCUT2D eigenvalue weighted by atomic mass is 16.5. The Balaban J connectivity index is 1.76. The maximum absolute atomic E-state index is 5.89. The normalized spacial score (nSPS) is 16.0. The number of nitrogens with zero attached hydrogens (tertiary/aromatic N) is 4. The number of benzene rings is 1. The molecule has 3 rings (SSSR count). The summed E-state index contributed by atoms with van der Waals surface area (Å²) in [7, 11) is 1.64. The number of hydrogen-bond acceptors (Lipinski definition) is 7. The van der Waals surface area contributed by atoms with Crippen LogP contribution in [-0.4, -0.2) is 40.1 Å². The molecule has 3 N–H and O–H groups in total. The number of nitrogens with one attached hydrogen (secondary N) is 1. The van der Waals surface area contributed by atoms with Gasteiger partial charge in [-0.3, -0.25) is 4.90 Å². The molecule has 0 amide bonds. The van der Waals surface area contributed by atoms with Crippen LogP contribution in [0.4, 0.5) is 17.6 Å². The Morgan fingerprint density at radius 2 is 2.00 bits per heavy atom. The molecule has 1 aliphatic heterocycles. The molecule has 7 nitrogen and oxygen atoms in total. The molecule has 0 spiro atoms. The van der Waals surface area contributed by atoms with Crippen molar-refractivity contribution in [1.82, 2.24) is 19.9 Å². The van der Waals surface area contributed by atoms with Gasteiger partial charge in [0.1, 0.15) is 11.6 Å². The Bertz CT molecular complexity index is 728. The van der Waals surface area contributed by atoms with Crippen LogP contribution in [0.15, 0.2) is 18.2 Å². The molecule has 2 heterocycles. The van der Waals surface area contributed by atoms with E-state index in [0.29, 0.717) is 18.3 Å².